The van der Waals surface area contributed by atoms with Gasteiger partial charge in [-0.1, -0.05) is 12.1 Å². The van der Waals surface area contributed by atoms with Crippen LogP contribution >= 0.6 is 0 Å². The molecule has 0 saturated heterocycles. The molecule has 0 fully saturated rings. The van der Waals surface area contributed by atoms with E-state index in [1.54, 1.807) is 42.7 Å². The third kappa shape index (κ3) is 4.56. The fourth-order valence-corrected chi connectivity index (χ4v) is 3.48. The minimum atomic E-state index is -0.964. The molecule has 9 heteroatoms. The van der Waals surface area contributed by atoms with Gasteiger partial charge >= 0.3 is 0 Å². The van der Waals surface area contributed by atoms with Gasteiger partial charge < -0.3 is 25.4 Å². The van der Waals surface area contributed by atoms with E-state index in [4.69, 9.17) is 0 Å². The van der Waals surface area contributed by atoms with Crippen molar-refractivity contribution in [2.24, 2.45) is 0 Å². The molecule has 3 amide bonds. The van der Waals surface area contributed by atoms with E-state index in [0.29, 0.717) is 16.9 Å². The van der Waals surface area contributed by atoms with Crippen molar-refractivity contribution in [2.75, 3.05) is 31.3 Å². The second kappa shape index (κ2) is 8.57. The van der Waals surface area contributed by atoms with Crippen LogP contribution in [0, 0.1) is 0 Å². The van der Waals surface area contributed by atoms with Crippen LogP contribution in [0.1, 0.15) is 16.8 Å². The summed E-state index contributed by atoms with van der Waals surface area (Å²) < 4.78 is 2.06. The Morgan fingerprint density at radius 1 is 1.19 bits per heavy atom. The van der Waals surface area contributed by atoms with Crippen molar-refractivity contribution >= 4 is 40.1 Å². The number of nitrogens with zero attached hydrogens (tertiary/aromatic N) is 3. The maximum absolute atomic E-state index is 12.6. The Balaban J connectivity index is 1.42. The monoisotopic (exact) mass is 420 g/mol. The van der Waals surface area contributed by atoms with E-state index < -0.39 is 17.9 Å². The predicted octanol–water partition coefficient (Wildman–Crippen LogP) is 1.68. The molecule has 0 spiro atoms. The molecule has 2 heterocycles. The maximum Gasteiger partial charge on any atom is 0.254 e. The highest BCUT2D eigenvalue weighted by Gasteiger charge is 2.29. The lowest BCUT2D eigenvalue weighted by molar-refractivity contribution is -0.122. The molecule has 4 rings (SSSR count). The third-order valence-corrected chi connectivity index (χ3v) is 5.13. The van der Waals surface area contributed by atoms with E-state index in [2.05, 4.69) is 30.4 Å². The predicted molar refractivity (Wildman–Crippen MR) is 118 cm³/mol. The van der Waals surface area contributed by atoms with E-state index in [-0.39, 0.29) is 12.3 Å². The highest BCUT2D eigenvalue weighted by atomic mass is 16.2. The fraction of sp³-hybridized carbons (Fsp3) is 0.273. The molecule has 0 saturated carbocycles. The summed E-state index contributed by atoms with van der Waals surface area (Å²) in [5, 5.41) is 8.12. The Bertz CT molecular complexity index is 1150. The lowest BCUT2D eigenvalue weighted by Gasteiger charge is -2.14. The number of carbonyl (C=O) groups excluding carboxylic acids is 3. The van der Waals surface area contributed by atoms with Crippen LogP contribution in [0.4, 0.5) is 11.4 Å². The number of nitrogens with one attached hydrogen (secondary N) is 3. The molecule has 0 radical (unpaired) electrons. The topological polar surface area (TPSA) is 108 Å². The molecule has 0 unspecified atom stereocenters. The van der Waals surface area contributed by atoms with Crippen molar-refractivity contribution in [1.29, 1.82) is 0 Å². The van der Waals surface area contributed by atoms with Gasteiger partial charge in [-0.25, -0.2) is 4.98 Å². The second-order valence-electron chi connectivity index (χ2n) is 7.76. The minimum absolute atomic E-state index is 0.180. The molecule has 0 bridgehead atoms. The zero-order valence-corrected chi connectivity index (χ0v) is 17.4. The summed E-state index contributed by atoms with van der Waals surface area (Å²) in [6.45, 7) is 1.71. The molecule has 1 aromatic heterocycles. The largest absolute Gasteiger partial charge is 0.340 e. The lowest BCUT2D eigenvalue weighted by atomic mass is 10.1. The molecule has 9 nitrogen and oxygen atoms in total. The number of benzene rings is 2. The molecule has 160 valence electrons. The second-order valence-corrected chi connectivity index (χ2v) is 7.76. The van der Waals surface area contributed by atoms with E-state index >= 15 is 0 Å². The maximum atomic E-state index is 12.6. The van der Waals surface area contributed by atoms with Crippen molar-refractivity contribution in [1.82, 2.24) is 19.8 Å². The van der Waals surface area contributed by atoms with E-state index in [1.165, 1.54) is 0 Å². The van der Waals surface area contributed by atoms with Crippen molar-refractivity contribution in [2.45, 2.75) is 19.0 Å². The van der Waals surface area contributed by atoms with Crippen LogP contribution in [-0.4, -0.2) is 58.9 Å². The Morgan fingerprint density at radius 3 is 2.81 bits per heavy atom. The van der Waals surface area contributed by atoms with Gasteiger partial charge in [0, 0.05) is 18.8 Å². The summed E-state index contributed by atoms with van der Waals surface area (Å²) in [6.07, 6.45) is 1.60. The quantitative estimate of drug-likeness (QED) is 0.562. The summed E-state index contributed by atoms with van der Waals surface area (Å²) in [4.78, 5) is 43.9. The summed E-state index contributed by atoms with van der Waals surface area (Å²) in [5.74, 6) is -1.20. The minimum Gasteiger partial charge on any atom is -0.340 e. The van der Waals surface area contributed by atoms with Gasteiger partial charge in [0.05, 0.1) is 35.0 Å². The number of likely N-dealkylation sites (N-methyl/N-ethyl adjacent to an activating group) is 1. The van der Waals surface area contributed by atoms with Gasteiger partial charge in [-0.15, -0.1) is 0 Å². The average molecular weight is 420 g/mol. The highest BCUT2D eigenvalue weighted by molar-refractivity contribution is 6.11. The summed E-state index contributed by atoms with van der Waals surface area (Å²) in [7, 11) is 4.03. The highest BCUT2D eigenvalue weighted by Crippen LogP contribution is 2.21. The van der Waals surface area contributed by atoms with Crippen LogP contribution in [0.3, 0.4) is 0 Å². The number of fused-ring (bicyclic) bond motifs is 2. The Hall–Kier alpha value is -3.72. The zero-order valence-electron chi connectivity index (χ0n) is 17.4. The summed E-state index contributed by atoms with van der Waals surface area (Å²) in [6, 6.07) is 11.3. The van der Waals surface area contributed by atoms with Crippen molar-refractivity contribution in [3.63, 3.8) is 0 Å². The molecular weight excluding hydrogens is 396 g/mol. The van der Waals surface area contributed by atoms with E-state index in [0.717, 1.165) is 24.1 Å². The van der Waals surface area contributed by atoms with Crippen LogP contribution < -0.4 is 16.0 Å². The third-order valence-electron chi connectivity index (χ3n) is 5.13. The first kappa shape index (κ1) is 20.5. The van der Waals surface area contributed by atoms with Crippen molar-refractivity contribution < 1.29 is 14.4 Å². The van der Waals surface area contributed by atoms with Crippen LogP contribution in [0.2, 0.25) is 0 Å². The van der Waals surface area contributed by atoms with Gasteiger partial charge in [-0.3, -0.25) is 14.4 Å². The standard InChI is InChI=1S/C22H24N6O3/c1-27(2)9-10-28-13-23-17-11-14(7-8-19(17)28)24-20(29)12-18-22(31)25-16-6-4-3-5-15(16)21(30)26-18/h3-8,11,13,18H,9-10,12H2,1-2H3,(H,24,29)(H,25,31)(H,26,30)/t18-/m0/s1. The van der Waals surface area contributed by atoms with E-state index in [9.17, 15) is 14.4 Å². The molecule has 0 aliphatic carbocycles. The number of anilines is 2. The first-order chi connectivity index (χ1) is 14.9. The van der Waals surface area contributed by atoms with Gasteiger partial charge in [0.1, 0.15) is 6.04 Å². The first-order valence-electron chi connectivity index (χ1n) is 10.0. The number of carbonyl (C=O) groups is 3. The Labute approximate surface area is 179 Å². The van der Waals surface area contributed by atoms with Gasteiger partial charge in [0.15, 0.2) is 0 Å². The van der Waals surface area contributed by atoms with E-state index in [1.807, 2.05) is 20.2 Å². The molecule has 2 aromatic carbocycles. The lowest BCUT2D eigenvalue weighted by Crippen LogP contribution is -2.43. The van der Waals surface area contributed by atoms with Gasteiger partial charge in [0.25, 0.3) is 5.91 Å². The molecule has 1 aliphatic heterocycles. The average Bonchev–Trinajstić information content (AvgIpc) is 3.09. The molecule has 1 aliphatic rings. The van der Waals surface area contributed by atoms with Crippen molar-refractivity contribution in [3.05, 3.63) is 54.4 Å². The molecule has 1 atom stereocenters. The van der Waals surface area contributed by atoms with Crippen LogP contribution in [-0.2, 0) is 16.1 Å². The Morgan fingerprint density at radius 2 is 2.00 bits per heavy atom. The molecule has 3 aromatic rings. The normalized spacial score (nSPS) is 15.9. The van der Waals surface area contributed by atoms with Crippen molar-refractivity contribution in [3.8, 4) is 0 Å². The molecular formula is C22H24N6O3. The summed E-state index contributed by atoms with van der Waals surface area (Å²) in [5.41, 5.74) is 3.14. The van der Waals surface area contributed by atoms with Crippen LogP contribution in [0.15, 0.2) is 48.8 Å². The zero-order chi connectivity index (χ0) is 22.0. The molecule has 31 heavy (non-hydrogen) atoms. The van der Waals surface area contributed by atoms with Gasteiger partial charge in [-0.05, 0) is 44.4 Å². The SMILES string of the molecule is CN(C)CCn1cnc2cc(NC(=O)C[C@@H]3NC(=O)c4ccccc4NC3=O)ccc21. The van der Waals surface area contributed by atoms with Gasteiger partial charge in [0.2, 0.25) is 11.8 Å². The number of amides is 3. The number of imidazole rings is 1. The molecule has 3 N–H and O–H groups in total. The number of para-hydroxylation sites is 1. The smallest absolute Gasteiger partial charge is 0.254 e. The van der Waals surface area contributed by atoms with Crippen LogP contribution in [0.5, 0.6) is 0 Å². The fourth-order valence-electron chi connectivity index (χ4n) is 3.48. The summed E-state index contributed by atoms with van der Waals surface area (Å²) >= 11 is 0. The number of aromatic nitrogens is 2. The number of hydrogen-bond acceptors (Lipinski definition) is 5. The Kier molecular flexibility index (Phi) is 5.68. The number of rotatable bonds is 6. The first-order valence-corrected chi connectivity index (χ1v) is 10.0. The van der Waals surface area contributed by atoms with Crippen LogP contribution in [0.25, 0.3) is 11.0 Å². The van der Waals surface area contributed by atoms with Gasteiger partial charge in [-0.2, -0.15) is 0 Å². The number of hydrogen-bond donors (Lipinski definition) is 3.